The molecule has 64 valence electrons. The molecule has 0 saturated heterocycles. The SMILES string of the molecule is CCCC(=O)NCCB(O)O. The van der Waals surface area contributed by atoms with E-state index in [4.69, 9.17) is 10.0 Å². The molecule has 0 aromatic heterocycles. The first kappa shape index (κ1) is 10.5. The van der Waals surface area contributed by atoms with Crippen molar-refractivity contribution >= 4 is 13.0 Å². The summed E-state index contributed by atoms with van der Waals surface area (Å²) in [5, 5.41) is 19.4. The topological polar surface area (TPSA) is 69.6 Å². The monoisotopic (exact) mass is 159 g/mol. The Kier molecular flexibility index (Phi) is 5.88. The lowest BCUT2D eigenvalue weighted by atomic mass is 9.86. The predicted molar refractivity (Wildman–Crippen MR) is 42.9 cm³/mol. The Morgan fingerprint density at radius 1 is 1.55 bits per heavy atom. The summed E-state index contributed by atoms with van der Waals surface area (Å²) in [5.74, 6) is -0.0341. The van der Waals surface area contributed by atoms with E-state index in [-0.39, 0.29) is 12.2 Å². The molecule has 0 fully saturated rings. The van der Waals surface area contributed by atoms with Gasteiger partial charge in [-0.25, -0.2) is 0 Å². The molecule has 3 N–H and O–H groups in total. The first-order chi connectivity index (χ1) is 5.16. The van der Waals surface area contributed by atoms with E-state index in [1.54, 1.807) is 0 Å². The van der Waals surface area contributed by atoms with Gasteiger partial charge in [0.1, 0.15) is 0 Å². The van der Waals surface area contributed by atoms with Crippen LogP contribution in [0.1, 0.15) is 19.8 Å². The highest BCUT2D eigenvalue weighted by Crippen LogP contribution is 1.86. The summed E-state index contributed by atoms with van der Waals surface area (Å²) in [6.45, 7) is 2.25. The maximum atomic E-state index is 10.8. The molecule has 0 aliphatic rings. The number of hydrogen-bond acceptors (Lipinski definition) is 3. The Bertz CT molecular complexity index is 118. The number of rotatable bonds is 5. The number of hydrogen-bond donors (Lipinski definition) is 3. The lowest BCUT2D eigenvalue weighted by Crippen LogP contribution is -2.27. The first-order valence-corrected chi connectivity index (χ1v) is 3.79. The van der Waals surface area contributed by atoms with Crippen molar-refractivity contribution in [3.8, 4) is 0 Å². The third-order valence-corrected chi connectivity index (χ3v) is 1.20. The highest BCUT2D eigenvalue weighted by molar-refractivity contribution is 6.41. The zero-order valence-electron chi connectivity index (χ0n) is 6.71. The Balaban J connectivity index is 3.17. The minimum Gasteiger partial charge on any atom is -0.427 e. The molecule has 11 heavy (non-hydrogen) atoms. The maximum absolute atomic E-state index is 10.8. The molecule has 0 aliphatic heterocycles. The van der Waals surface area contributed by atoms with Crippen LogP contribution in [-0.2, 0) is 4.79 Å². The van der Waals surface area contributed by atoms with Gasteiger partial charge in [0, 0.05) is 13.0 Å². The van der Waals surface area contributed by atoms with Crippen LogP contribution in [-0.4, -0.2) is 29.6 Å². The second-order valence-corrected chi connectivity index (χ2v) is 2.37. The number of carbonyl (C=O) groups is 1. The molecule has 0 spiro atoms. The Morgan fingerprint density at radius 2 is 2.18 bits per heavy atom. The van der Waals surface area contributed by atoms with Gasteiger partial charge in [0.25, 0.3) is 0 Å². The van der Waals surface area contributed by atoms with Crippen LogP contribution in [0.2, 0.25) is 6.32 Å². The molecule has 0 atom stereocenters. The van der Waals surface area contributed by atoms with Crippen molar-refractivity contribution in [2.24, 2.45) is 0 Å². The van der Waals surface area contributed by atoms with E-state index in [9.17, 15) is 4.79 Å². The van der Waals surface area contributed by atoms with Crippen LogP contribution in [0.25, 0.3) is 0 Å². The average Bonchev–Trinajstić information content (AvgIpc) is 1.87. The average molecular weight is 159 g/mol. The molecule has 0 radical (unpaired) electrons. The van der Waals surface area contributed by atoms with E-state index in [1.165, 1.54) is 0 Å². The normalized spacial score (nSPS) is 9.36. The minimum atomic E-state index is -1.32. The van der Waals surface area contributed by atoms with Gasteiger partial charge in [0.15, 0.2) is 0 Å². The van der Waals surface area contributed by atoms with Crippen molar-refractivity contribution < 1.29 is 14.8 Å². The van der Waals surface area contributed by atoms with E-state index < -0.39 is 7.12 Å². The smallest absolute Gasteiger partial charge is 0.427 e. The van der Waals surface area contributed by atoms with Crippen LogP contribution < -0.4 is 5.32 Å². The van der Waals surface area contributed by atoms with Gasteiger partial charge in [-0.2, -0.15) is 0 Å². The minimum absolute atomic E-state index is 0.0341. The van der Waals surface area contributed by atoms with Gasteiger partial charge in [0.2, 0.25) is 5.91 Å². The fourth-order valence-corrected chi connectivity index (χ4v) is 0.656. The standard InChI is InChI=1S/C6H14BNO3/c1-2-3-6(9)8-5-4-7(10)11/h10-11H,2-5H2,1H3,(H,8,9). The van der Waals surface area contributed by atoms with Crippen LogP contribution in [0.15, 0.2) is 0 Å². The Morgan fingerprint density at radius 3 is 2.64 bits per heavy atom. The van der Waals surface area contributed by atoms with E-state index >= 15 is 0 Å². The highest BCUT2D eigenvalue weighted by atomic mass is 16.4. The number of nitrogens with one attached hydrogen (secondary N) is 1. The van der Waals surface area contributed by atoms with E-state index in [1.807, 2.05) is 6.92 Å². The van der Waals surface area contributed by atoms with Gasteiger partial charge in [0.05, 0.1) is 0 Å². The zero-order chi connectivity index (χ0) is 8.69. The van der Waals surface area contributed by atoms with Crippen LogP contribution in [0.5, 0.6) is 0 Å². The molecule has 5 heteroatoms. The molecular weight excluding hydrogens is 145 g/mol. The Labute approximate surface area is 66.8 Å². The molecule has 0 heterocycles. The van der Waals surface area contributed by atoms with E-state index in [0.29, 0.717) is 13.0 Å². The van der Waals surface area contributed by atoms with Gasteiger partial charge in [-0.05, 0) is 12.7 Å². The van der Waals surface area contributed by atoms with Crippen LogP contribution >= 0.6 is 0 Å². The third kappa shape index (κ3) is 7.35. The molecule has 0 aromatic rings. The number of amides is 1. The highest BCUT2D eigenvalue weighted by Gasteiger charge is 2.06. The summed E-state index contributed by atoms with van der Waals surface area (Å²) in [7, 11) is -1.32. The van der Waals surface area contributed by atoms with Gasteiger partial charge in [-0.1, -0.05) is 6.92 Å². The summed E-state index contributed by atoms with van der Waals surface area (Å²) in [6, 6.07) is 0. The molecule has 0 aliphatic carbocycles. The molecule has 4 nitrogen and oxygen atoms in total. The quantitative estimate of drug-likeness (QED) is 0.468. The van der Waals surface area contributed by atoms with Crippen LogP contribution in [0.4, 0.5) is 0 Å². The van der Waals surface area contributed by atoms with Crippen molar-refractivity contribution in [3.63, 3.8) is 0 Å². The van der Waals surface area contributed by atoms with Gasteiger partial charge < -0.3 is 15.4 Å². The second kappa shape index (κ2) is 6.18. The van der Waals surface area contributed by atoms with Crippen molar-refractivity contribution in [2.45, 2.75) is 26.1 Å². The summed E-state index contributed by atoms with van der Waals surface area (Å²) < 4.78 is 0. The Hall–Kier alpha value is -0.545. The van der Waals surface area contributed by atoms with Gasteiger partial charge in [-0.3, -0.25) is 4.79 Å². The predicted octanol–water partition coefficient (Wildman–Crippen LogP) is -0.624. The second-order valence-electron chi connectivity index (χ2n) is 2.37. The molecule has 0 saturated carbocycles. The van der Waals surface area contributed by atoms with E-state index in [2.05, 4.69) is 5.32 Å². The zero-order valence-corrected chi connectivity index (χ0v) is 6.71. The summed E-state index contributed by atoms with van der Waals surface area (Å²) >= 11 is 0. The fourth-order valence-electron chi connectivity index (χ4n) is 0.656. The fraction of sp³-hybridized carbons (Fsp3) is 0.833. The lowest BCUT2D eigenvalue weighted by Gasteiger charge is -2.02. The molecular formula is C6H14BNO3. The van der Waals surface area contributed by atoms with Crippen molar-refractivity contribution in [1.82, 2.24) is 5.32 Å². The van der Waals surface area contributed by atoms with E-state index in [0.717, 1.165) is 6.42 Å². The van der Waals surface area contributed by atoms with Crippen molar-refractivity contribution in [1.29, 1.82) is 0 Å². The molecule has 0 bridgehead atoms. The molecule has 1 amide bonds. The molecule has 0 aromatic carbocycles. The number of carbonyl (C=O) groups excluding carboxylic acids is 1. The summed E-state index contributed by atoms with van der Waals surface area (Å²) in [5.41, 5.74) is 0. The van der Waals surface area contributed by atoms with Gasteiger partial charge >= 0.3 is 7.12 Å². The largest absolute Gasteiger partial charge is 0.453 e. The van der Waals surface area contributed by atoms with Crippen molar-refractivity contribution in [2.75, 3.05) is 6.54 Å². The van der Waals surface area contributed by atoms with Crippen LogP contribution in [0, 0.1) is 0 Å². The summed E-state index contributed by atoms with van der Waals surface area (Å²) in [6.07, 6.45) is 1.50. The molecule has 0 rings (SSSR count). The van der Waals surface area contributed by atoms with Gasteiger partial charge in [-0.15, -0.1) is 0 Å². The first-order valence-electron chi connectivity index (χ1n) is 3.79. The van der Waals surface area contributed by atoms with Crippen molar-refractivity contribution in [3.05, 3.63) is 0 Å². The lowest BCUT2D eigenvalue weighted by molar-refractivity contribution is -0.121. The molecule has 0 unspecified atom stereocenters. The van der Waals surface area contributed by atoms with Crippen LogP contribution in [0.3, 0.4) is 0 Å². The summed E-state index contributed by atoms with van der Waals surface area (Å²) in [4.78, 5) is 10.8. The third-order valence-electron chi connectivity index (χ3n) is 1.20. The maximum Gasteiger partial charge on any atom is 0.453 e.